The minimum absolute atomic E-state index is 0.152. The van der Waals surface area contributed by atoms with Crippen molar-refractivity contribution in [3.8, 4) is 0 Å². The Morgan fingerprint density at radius 3 is 2.33 bits per heavy atom. The summed E-state index contributed by atoms with van der Waals surface area (Å²) in [6.45, 7) is 4.35. The first-order valence-corrected chi connectivity index (χ1v) is 6.42. The Morgan fingerprint density at radius 1 is 1.22 bits per heavy atom. The van der Waals surface area contributed by atoms with Gasteiger partial charge in [0.1, 0.15) is 0 Å². The molecule has 1 aliphatic heterocycles. The molecular formula is C12H15FN2O2S. The maximum atomic E-state index is 12.2. The second-order valence-corrected chi connectivity index (χ2v) is 3.95. The van der Waals surface area contributed by atoms with Crippen LogP contribution in [-0.4, -0.2) is 18.5 Å². The van der Waals surface area contributed by atoms with Crippen molar-refractivity contribution in [1.29, 1.82) is 0 Å². The van der Waals surface area contributed by atoms with E-state index in [1.807, 2.05) is 13.8 Å². The van der Waals surface area contributed by atoms with E-state index in [2.05, 4.69) is 5.32 Å². The van der Waals surface area contributed by atoms with E-state index in [9.17, 15) is 13.5 Å². The van der Waals surface area contributed by atoms with E-state index < -0.39 is 6.03 Å². The largest absolute Gasteiger partial charge is 0.328 e. The molecule has 6 heteroatoms. The molecule has 0 spiro atoms. The molecule has 1 aliphatic rings. The highest BCUT2D eigenvalue weighted by atomic mass is 32.2. The van der Waals surface area contributed by atoms with Crippen LogP contribution in [0.5, 0.6) is 0 Å². The molecule has 0 saturated carbocycles. The molecule has 1 aromatic rings. The van der Waals surface area contributed by atoms with Gasteiger partial charge in [0.2, 0.25) is 5.91 Å². The van der Waals surface area contributed by atoms with E-state index in [1.54, 1.807) is 24.3 Å². The summed E-state index contributed by atoms with van der Waals surface area (Å²) in [5, 5.41) is 2.23. The van der Waals surface area contributed by atoms with Gasteiger partial charge in [-0.2, -0.15) is 3.89 Å². The monoisotopic (exact) mass is 270 g/mol. The third-order valence-electron chi connectivity index (χ3n) is 2.29. The molecule has 4 nitrogen and oxygen atoms in total. The lowest BCUT2D eigenvalue weighted by Gasteiger charge is -2.26. The standard InChI is InChI=1S/C10H9FN2O2S.C2H6/c11-16-8-3-1-7(2-4-8)13-6-5-9(14)12-10(13)15;1-2/h1-4H,5-6H2,(H,12,14,15);1-2H3. The molecule has 2 rings (SSSR count). The zero-order chi connectivity index (χ0) is 13.5. The number of rotatable bonds is 2. The lowest BCUT2D eigenvalue weighted by atomic mass is 10.2. The van der Waals surface area contributed by atoms with Gasteiger partial charge < -0.3 is 0 Å². The molecule has 0 radical (unpaired) electrons. The van der Waals surface area contributed by atoms with Crippen LogP contribution in [-0.2, 0) is 4.79 Å². The Hall–Kier alpha value is -1.56. The quantitative estimate of drug-likeness (QED) is 0.898. The number of urea groups is 1. The van der Waals surface area contributed by atoms with Crippen molar-refractivity contribution in [2.75, 3.05) is 11.4 Å². The van der Waals surface area contributed by atoms with Crippen LogP contribution < -0.4 is 10.2 Å². The number of carbonyl (C=O) groups excluding carboxylic acids is 2. The number of nitrogens with one attached hydrogen (secondary N) is 1. The van der Waals surface area contributed by atoms with E-state index in [-0.39, 0.29) is 24.5 Å². The minimum Gasteiger partial charge on any atom is -0.294 e. The van der Waals surface area contributed by atoms with Gasteiger partial charge >= 0.3 is 6.03 Å². The first kappa shape index (κ1) is 14.5. The first-order chi connectivity index (χ1) is 8.70. The summed E-state index contributed by atoms with van der Waals surface area (Å²) in [5.74, 6) is -0.266. The van der Waals surface area contributed by atoms with Gasteiger partial charge in [0.05, 0.1) is 12.1 Å². The van der Waals surface area contributed by atoms with Gasteiger partial charge in [-0.15, -0.1) is 0 Å². The van der Waals surface area contributed by atoms with Crippen molar-refractivity contribution in [2.24, 2.45) is 0 Å². The number of carbonyl (C=O) groups is 2. The van der Waals surface area contributed by atoms with Crippen molar-refractivity contribution in [3.63, 3.8) is 0 Å². The number of amides is 3. The normalized spacial score (nSPS) is 14.7. The van der Waals surface area contributed by atoms with Crippen LogP contribution in [0.25, 0.3) is 0 Å². The molecule has 1 saturated heterocycles. The van der Waals surface area contributed by atoms with Gasteiger partial charge in [0.15, 0.2) is 0 Å². The second kappa shape index (κ2) is 7.00. The van der Waals surface area contributed by atoms with Crippen LogP contribution in [0.3, 0.4) is 0 Å². The second-order valence-electron chi connectivity index (χ2n) is 3.33. The van der Waals surface area contributed by atoms with Crippen molar-refractivity contribution in [1.82, 2.24) is 5.32 Å². The molecule has 1 heterocycles. The summed E-state index contributed by atoms with van der Waals surface area (Å²) in [5.41, 5.74) is 0.655. The van der Waals surface area contributed by atoms with Gasteiger partial charge in [-0.05, 0) is 24.3 Å². The van der Waals surface area contributed by atoms with Gasteiger partial charge in [-0.3, -0.25) is 15.0 Å². The Morgan fingerprint density at radius 2 is 1.83 bits per heavy atom. The Labute approximate surface area is 110 Å². The van der Waals surface area contributed by atoms with Gasteiger partial charge in [0.25, 0.3) is 0 Å². The molecule has 0 bridgehead atoms. The van der Waals surface area contributed by atoms with Crippen LogP contribution in [0.2, 0.25) is 0 Å². The molecule has 0 unspecified atom stereocenters. The number of halogens is 1. The van der Waals surface area contributed by atoms with E-state index in [0.29, 0.717) is 17.1 Å². The average molecular weight is 270 g/mol. The predicted molar refractivity (Wildman–Crippen MR) is 70.3 cm³/mol. The SMILES string of the molecule is CC.O=C1CCN(c2ccc(SF)cc2)C(=O)N1. The third-order valence-corrected chi connectivity index (χ3v) is 2.74. The molecule has 0 aliphatic carbocycles. The van der Waals surface area contributed by atoms with Gasteiger partial charge in [0, 0.05) is 23.5 Å². The lowest BCUT2D eigenvalue weighted by Crippen LogP contribution is -2.49. The van der Waals surface area contributed by atoms with E-state index >= 15 is 0 Å². The van der Waals surface area contributed by atoms with Gasteiger partial charge in [-0.25, -0.2) is 4.79 Å². The zero-order valence-electron chi connectivity index (χ0n) is 10.3. The summed E-state index contributed by atoms with van der Waals surface area (Å²) >= 11 is 0.152. The summed E-state index contributed by atoms with van der Waals surface area (Å²) in [6.07, 6.45) is 0.283. The van der Waals surface area contributed by atoms with Crippen molar-refractivity contribution in [2.45, 2.75) is 25.2 Å². The van der Waals surface area contributed by atoms with Crippen molar-refractivity contribution < 1.29 is 13.5 Å². The topological polar surface area (TPSA) is 49.4 Å². The number of imide groups is 1. The Balaban J connectivity index is 0.000000771. The van der Waals surface area contributed by atoms with Crippen LogP contribution in [0, 0.1) is 0 Å². The Kier molecular flexibility index (Phi) is 5.64. The minimum atomic E-state index is -0.433. The van der Waals surface area contributed by atoms with Crippen LogP contribution >= 0.6 is 12.1 Å². The predicted octanol–water partition coefficient (Wildman–Crippen LogP) is 3.14. The van der Waals surface area contributed by atoms with Crippen molar-refractivity contribution >= 4 is 29.8 Å². The fourth-order valence-corrected chi connectivity index (χ4v) is 1.73. The summed E-state index contributed by atoms with van der Waals surface area (Å²) < 4.78 is 12.2. The maximum Gasteiger partial charge on any atom is 0.328 e. The molecule has 0 aromatic heterocycles. The number of hydrogen-bond donors (Lipinski definition) is 1. The number of benzene rings is 1. The molecule has 18 heavy (non-hydrogen) atoms. The lowest BCUT2D eigenvalue weighted by molar-refractivity contribution is -0.120. The van der Waals surface area contributed by atoms with Crippen LogP contribution in [0.4, 0.5) is 14.4 Å². The van der Waals surface area contributed by atoms with Crippen LogP contribution in [0.15, 0.2) is 29.2 Å². The van der Waals surface area contributed by atoms with E-state index in [1.165, 1.54) is 4.90 Å². The highest BCUT2D eigenvalue weighted by Gasteiger charge is 2.23. The fraction of sp³-hybridized carbons (Fsp3) is 0.333. The molecule has 1 N–H and O–H groups in total. The smallest absolute Gasteiger partial charge is 0.294 e. The maximum absolute atomic E-state index is 12.2. The molecule has 0 atom stereocenters. The zero-order valence-corrected chi connectivity index (χ0v) is 11.1. The molecule has 3 amide bonds. The first-order valence-electron chi connectivity index (χ1n) is 5.71. The molecular weight excluding hydrogens is 255 g/mol. The summed E-state index contributed by atoms with van der Waals surface area (Å²) in [7, 11) is 0. The van der Waals surface area contributed by atoms with Gasteiger partial charge in [-0.1, -0.05) is 13.8 Å². The number of nitrogens with zero attached hydrogens (tertiary/aromatic N) is 1. The third kappa shape index (κ3) is 3.46. The van der Waals surface area contributed by atoms with E-state index in [4.69, 9.17) is 0 Å². The summed E-state index contributed by atoms with van der Waals surface area (Å²) in [4.78, 5) is 24.3. The van der Waals surface area contributed by atoms with Crippen LogP contribution in [0.1, 0.15) is 20.3 Å². The average Bonchev–Trinajstić information content (AvgIpc) is 2.41. The summed E-state index contributed by atoms with van der Waals surface area (Å²) in [6, 6.07) is 6.04. The molecule has 1 aromatic carbocycles. The highest BCUT2D eigenvalue weighted by Crippen LogP contribution is 2.23. The molecule has 98 valence electrons. The fourth-order valence-electron chi connectivity index (χ4n) is 1.49. The highest BCUT2D eigenvalue weighted by molar-refractivity contribution is 7.94. The Bertz CT molecular complexity index is 423. The number of anilines is 1. The van der Waals surface area contributed by atoms with Crippen molar-refractivity contribution in [3.05, 3.63) is 24.3 Å². The molecule has 1 fully saturated rings. The van der Waals surface area contributed by atoms with E-state index in [0.717, 1.165) is 0 Å². The number of hydrogen-bond acceptors (Lipinski definition) is 3.